The minimum atomic E-state index is -1.31. The molecule has 0 aromatic carbocycles. The van der Waals surface area contributed by atoms with Gasteiger partial charge in [-0.2, -0.15) is 0 Å². The van der Waals surface area contributed by atoms with Gasteiger partial charge in [-0.15, -0.1) is 0 Å². The molecule has 7 heteroatoms. The van der Waals surface area contributed by atoms with E-state index in [-0.39, 0.29) is 10.7 Å². The standard InChI is InChI=1S/C9H7ClN4O2/c1-5(7(9(15)16)13-14-11)6-3-2-4-12-8(6)10/h2-4H,1H3,(H,15,16). The predicted octanol–water partition coefficient (Wildman–Crippen LogP) is 2.86. The number of pyridine rings is 1. The van der Waals surface area contributed by atoms with Crippen molar-refractivity contribution in [2.45, 2.75) is 6.92 Å². The van der Waals surface area contributed by atoms with E-state index in [0.29, 0.717) is 5.56 Å². The van der Waals surface area contributed by atoms with Crippen LogP contribution in [0, 0.1) is 0 Å². The van der Waals surface area contributed by atoms with E-state index in [1.807, 2.05) is 0 Å². The predicted molar refractivity (Wildman–Crippen MR) is 58.6 cm³/mol. The molecule has 0 bridgehead atoms. The van der Waals surface area contributed by atoms with Crippen molar-refractivity contribution in [1.82, 2.24) is 4.98 Å². The summed E-state index contributed by atoms with van der Waals surface area (Å²) in [6.07, 6.45) is 1.48. The summed E-state index contributed by atoms with van der Waals surface area (Å²) < 4.78 is 0. The molecule has 0 saturated heterocycles. The van der Waals surface area contributed by atoms with Crippen molar-refractivity contribution in [1.29, 1.82) is 0 Å². The average Bonchev–Trinajstić information content (AvgIpc) is 2.25. The Morgan fingerprint density at radius 2 is 2.38 bits per heavy atom. The average molecular weight is 239 g/mol. The second-order valence-corrected chi connectivity index (χ2v) is 3.17. The van der Waals surface area contributed by atoms with E-state index < -0.39 is 11.7 Å². The molecule has 0 fully saturated rings. The third kappa shape index (κ3) is 2.50. The Hall–Kier alpha value is -2.04. The van der Waals surface area contributed by atoms with Gasteiger partial charge in [-0.05, 0) is 24.1 Å². The lowest BCUT2D eigenvalue weighted by molar-refractivity contribution is -0.132. The highest BCUT2D eigenvalue weighted by Crippen LogP contribution is 2.24. The Balaban J connectivity index is 3.41. The summed E-state index contributed by atoms with van der Waals surface area (Å²) in [6.45, 7) is 1.50. The molecule has 0 amide bonds. The van der Waals surface area contributed by atoms with Crippen LogP contribution in [0.5, 0.6) is 0 Å². The Bertz CT molecular complexity index is 502. The van der Waals surface area contributed by atoms with Crippen LogP contribution in [-0.2, 0) is 4.79 Å². The van der Waals surface area contributed by atoms with Crippen LogP contribution in [0.3, 0.4) is 0 Å². The van der Waals surface area contributed by atoms with Gasteiger partial charge in [0.05, 0.1) is 0 Å². The van der Waals surface area contributed by atoms with Gasteiger partial charge in [-0.3, -0.25) is 0 Å². The zero-order chi connectivity index (χ0) is 12.1. The van der Waals surface area contributed by atoms with Crippen LogP contribution in [0.15, 0.2) is 29.1 Å². The Labute approximate surface area is 95.8 Å². The van der Waals surface area contributed by atoms with Crippen molar-refractivity contribution in [2.75, 3.05) is 0 Å². The first-order valence-electron chi connectivity index (χ1n) is 4.18. The summed E-state index contributed by atoms with van der Waals surface area (Å²) in [5, 5.41) is 12.1. The molecule has 0 aliphatic carbocycles. The molecule has 1 rings (SSSR count). The van der Waals surface area contributed by atoms with Crippen molar-refractivity contribution in [3.8, 4) is 0 Å². The number of nitrogens with zero attached hydrogens (tertiary/aromatic N) is 4. The van der Waals surface area contributed by atoms with E-state index in [2.05, 4.69) is 15.0 Å². The third-order valence-electron chi connectivity index (χ3n) is 1.87. The SMILES string of the molecule is CC(=C(N=[N+]=[N-])C(=O)O)c1cccnc1Cl. The fourth-order valence-corrected chi connectivity index (χ4v) is 1.38. The largest absolute Gasteiger partial charge is 0.478 e. The van der Waals surface area contributed by atoms with E-state index in [1.54, 1.807) is 12.1 Å². The first-order chi connectivity index (χ1) is 7.57. The van der Waals surface area contributed by atoms with Crippen LogP contribution in [-0.4, -0.2) is 16.1 Å². The molecule has 0 aliphatic heterocycles. The van der Waals surface area contributed by atoms with Gasteiger partial charge >= 0.3 is 5.97 Å². The fraction of sp³-hybridized carbons (Fsp3) is 0.111. The first-order valence-corrected chi connectivity index (χ1v) is 4.56. The van der Waals surface area contributed by atoms with Crippen molar-refractivity contribution in [3.05, 3.63) is 45.2 Å². The Morgan fingerprint density at radius 1 is 1.69 bits per heavy atom. The van der Waals surface area contributed by atoms with Gasteiger partial charge < -0.3 is 5.11 Å². The summed E-state index contributed by atoms with van der Waals surface area (Å²) in [4.78, 5) is 17.1. The van der Waals surface area contributed by atoms with Gasteiger partial charge in [0.2, 0.25) is 0 Å². The molecule has 0 radical (unpaired) electrons. The van der Waals surface area contributed by atoms with Crippen molar-refractivity contribution < 1.29 is 9.90 Å². The number of allylic oxidation sites excluding steroid dienone is 1. The van der Waals surface area contributed by atoms with Crippen LogP contribution in [0.4, 0.5) is 0 Å². The number of aromatic nitrogens is 1. The van der Waals surface area contributed by atoms with Crippen LogP contribution in [0.25, 0.3) is 16.0 Å². The zero-order valence-corrected chi connectivity index (χ0v) is 9.01. The molecule has 1 aromatic heterocycles. The molecule has 0 saturated carbocycles. The van der Waals surface area contributed by atoms with E-state index in [1.165, 1.54) is 13.1 Å². The molecule has 82 valence electrons. The number of hydrogen-bond acceptors (Lipinski definition) is 3. The minimum absolute atomic E-state index is 0.159. The lowest BCUT2D eigenvalue weighted by Crippen LogP contribution is -2.00. The first kappa shape index (κ1) is 12.0. The van der Waals surface area contributed by atoms with Crippen molar-refractivity contribution in [3.63, 3.8) is 0 Å². The topological polar surface area (TPSA) is 99.0 Å². The van der Waals surface area contributed by atoms with Gasteiger partial charge in [0, 0.05) is 16.7 Å². The number of carboxylic acids is 1. The quantitative estimate of drug-likeness (QED) is 0.288. The molecule has 0 spiro atoms. The molecule has 0 aliphatic rings. The van der Waals surface area contributed by atoms with E-state index in [9.17, 15) is 4.79 Å². The maximum atomic E-state index is 10.8. The molecule has 1 aromatic rings. The smallest absolute Gasteiger partial charge is 0.338 e. The van der Waals surface area contributed by atoms with E-state index >= 15 is 0 Å². The second kappa shape index (κ2) is 5.16. The fourth-order valence-electron chi connectivity index (χ4n) is 1.12. The van der Waals surface area contributed by atoms with Crippen LogP contribution < -0.4 is 0 Å². The molecule has 0 unspecified atom stereocenters. The highest BCUT2D eigenvalue weighted by molar-refractivity contribution is 6.31. The number of hydrogen-bond donors (Lipinski definition) is 1. The number of aliphatic carboxylic acids is 1. The lowest BCUT2D eigenvalue weighted by atomic mass is 10.1. The number of carboxylic acid groups (broad SMARTS) is 1. The molecule has 1 heterocycles. The Kier molecular flexibility index (Phi) is 3.88. The van der Waals surface area contributed by atoms with Crippen LogP contribution in [0.2, 0.25) is 5.15 Å². The summed E-state index contributed by atoms with van der Waals surface area (Å²) >= 11 is 5.80. The molecule has 1 N–H and O–H groups in total. The zero-order valence-electron chi connectivity index (χ0n) is 8.25. The third-order valence-corrected chi connectivity index (χ3v) is 2.17. The lowest BCUT2D eigenvalue weighted by Gasteiger charge is -2.05. The highest BCUT2D eigenvalue weighted by Gasteiger charge is 2.13. The maximum absolute atomic E-state index is 10.8. The van der Waals surface area contributed by atoms with Crippen LogP contribution >= 0.6 is 11.6 Å². The highest BCUT2D eigenvalue weighted by atomic mass is 35.5. The normalized spacial score (nSPS) is 11.4. The maximum Gasteiger partial charge on any atom is 0.338 e. The monoisotopic (exact) mass is 238 g/mol. The van der Waals surface area contributed by atoms with E-state index in [4.69, 9.17) is 22.2 Å². The summed E-state index contributed by atoms with van der Waals surface area (Å²) in [5.41, 5.74) is 8.56. The molecule has 0 atom stereocenters. The van der Waals surface area contributed by atoms with E-state index in [0.717, 1.165) is 0 Å². The summed E-state index contributed by atoms with van der Waals surface area (Å²) in [6, 6.07) is 3.21. The number of halogens is 1. The van der Waals surface area contributed by atoms with Gasteiger partial charge in [0.25, 0.3) is 0 Å². The molecule has 16 heavy (non-hydrogen) atoms. The molecule has 6 nitrogen and oxygen atoms in total. The molecular weight excluding hydrogens is 232 g/mol. The summed E-state index contributed by atoms with van der Waals surface area (Å²) in [7, 11) is 0. The van der Waals surface area contributed by atoms with Gasteiger partial charge in [0.1, 0.15) is 10.9 Å². The van der Waals surface area contributed by atoms with Gasteiger partial charge in [0.15, 0.2) is 0 Å². The van der Waals surface area contributed by atoms with Gasteiger partial charge in [-0.1, -0.05) is 22.8 Å². The number of rotatable bonds is 3. The molecular formula is C9H7ClN4O2. The van der Waals surface area contributed by atoms with Crippen molar-refractivity contribution >= 4 is 23.1 Å². The Morgan fingerprint density at radius 3 is 2.88 bits per heavy atom. The van der Waals surface area contributed by atoms with Crippen LogP contribution in [0.1, 0.15) is 12.5 Å². The minimum Gasteiger partial charge on any atom is -0.478 e. The summed E-state index contributed by atoms with van der Waals surface area (Å²) in [5.74, 6) is -1.31. The number of carbonyl (C=O) groups is 1. The second-order valence-electron chi connectivity index (χ2n) is 2.81. The number of azide groups is 1. The van der Waals surface area contributed by atoms with Gasteiger partial charge in [-0.25, -0.2) is 9.78 Å². The van der Waals surface area contributed by atoms with Crippen molar-refractivity contribution in [2.24, 2.45) is 5.11 Å².